The second kappa shape index (κ2) is 6.97. The smallest absolute Gasteiger partial charge is 0.409 e. The summed E-state index contributed by atoms with van der Waals surface area (Å²) in [6.07, 6.45) is 4.88. The number of amides is 1. The van der Waals surface area contributed by atoms with Crippen molar-refractivity contribution in [2.24, 2.45) is 0 Å². The number of rotatable bonds is 5. The molecule has 3 N–H and O–H groups in total. The maximum Gasteiger partial charge on any atom is 0.409 e. The number of benzene rings is 2. The minimum absolute atomic E-state index is 0.230. The fourth-order valence-corrected chi connectivity index (χ4v) is 2.66. The number of hydrogen-bond donors (Lipinski definition) is 3. The lowest BCUT2D eigenvalue weighted by Crippen LogP contribution is -2.09. The first kappa shape index (κ1) is 15.8. The molecule has 1 amide bonds. The van der Waals surface area contributed by atoms with Crippen molar-refractivity contribution in [1.29, 1.82) is 0 Å². The Kier molecular flexibility index (Phi) is 4.58. The molecule has 0 bridgehead atoms. The van der Waals surface area contributed by atoms with E-state index in [4.69, 9.17) is 5.11 Å². The maximum atomic E-state index is 10.8. The molecule has 0 unspecified atom stereocenters. The number of aliphatic hydroxyl groups excluding tert-OH is 1. The van der Waals surface area contributed by atoms with Crippen LogP contribution in [0.1, 0.15) is 16.7 Å². The van der Waals surface area contributed by atoms with E-state index in [1.54, 1.807) is 18.6 Å². The number of anilines is 1. The third-order valence-corrected chi connectivity index (χ3v) is 3.75. The Morgan fingerprint density at radius 2 is 2.00 bits per heavy atom. The van der Waals surface area contributed by atoms with Crippen molar-refractivity contribution in [2.45, 2.75) is 13.0 Å². The van der Waals surface area contributed by atoms with E-state index < -0.39 is 6.09 Å². The quantitative estimate of drug-likeness (QED) is 0.673. The highest BCUT2D eigenvalue weighted by atomic mass is 16.4. The van der Waals surface area contributed by atoms with E-state index in [1.807, 2.05) is 47.2 Å². The number of nitrogens with zero attached hydrogens (tertiary/aromatic N) is 2. The molecule has 0 fully saturated rings. The van der Waals surface area contributed by atoms with E-state index in [2.05, 4.69) is 10.3 Å². The third-order valence-electron chi connectivity index (χ3n) is 3.75. The monoisotopic (exact) mass is 323 g/mol. The van der Waals surface area contributed by atoms with Gasteiger partial charge in [0.05, 0.1) is 12.9 Å². The first-order chi connectivity index (χ1) is 11.7. The summed E-state index contributed by atoms with van der Waals surface area (Å²) in [4.78, 5) is 14.9. The van der Waals surface area contributed by atoms with E-state index in [0.29, 0.717) is 17.7 Å². The fourth-order valence-electron chi connectivity index (χ4n) is 2.66. The SMILES string of the molecule is O=C(O)Nc1ccc(Cc2ccccc2-n2ccnc2)cc1CO. The van der Waals surface area contributed by atoms with Crippen molar-refractivity contribution in [3.63, 3.8) is 0 Å². The first-order valence-electron chi connectivity index (χ1n) is 7.46. The van der Waals surface area contributed by atoms with Crippen molar-refractivity contribution in [1.82, 2.24) is 9.55 Å². The Bertz CT molecular complexity index is 844. The molecule has 0 saturated heterocycles. The van der Waals surface area contributed by atoms with Gasteiger partial charge < -0.3 is 14.8 Å². The molecule has 0 saturated carbocycles. The topological polar surface area (TPSA) is 87.4 Å². The van der Waals surface area contributed by atoms with Gasteiger partial charge >= 0.3 is 6.09 Å². The number of hydrogen-bond acceptors (Lipinski definition) is 3. The van der Waals surface area contributed by atoms with Crippen LogP contribution in [0, 0.1) is 0 Å². The van der Waals surface area contributed by atoms with E-state index in [1.165, 1.54) is 0 Å². The fraction of sp³-hybridized carbons (Fsp3) is 0.111. The van der Waals surface area contributed by atoms with Gasteiger partial charge in [-0.25, -0.2) is 9.78 Å². The van der Waals surface area contributed by atoms with Gasteiger partial charge in [-0.1, -0.05) is 30.3 Å². The van der Waals surface area contributed by atoms with Gasteiger partial charge in [-0.3, -0.25) is 5.32 Å². The molecule has 0 atom stereocenters. The highest BCUT2D eigenvalue weighted by Gasteiger charge is 2.09. The van der Waals surface area contributed by atoms with Crippen LogP contribution in [0.25, 0.3) is 5.69 Å². The van der Waals surface area contributed by atoms with Gasteiger partial charge in [0.2, 0.25) is 0 Å². The molecule has 1 aromatic heterocycles. The van der Waals surface area contributed by atoms with Gasteiger partial charge in [-0.05, 0) is 29.7 Å². The normalized spacial score (nSPS) is 10.5. The number of carboxylic acid groups (broad SMARTS) is 1. The van der Waals surface area contributed by atoms with Crippen LogP contribution < -0.4 is 5.32 Å². The van der Waals surface area contributed by atoms with Gasteiger partial charge in [-0.15, -0.1) is 0 Å². The van der Waals surface area contributed by atoms with E-state index >= 15 is 0 Å². The summed E-state index contributed by atoms with van der Waals surface area (Å²) < 4.78 is 1.95. The summed E-state index contributed by atoms with van der Waals surface area (Å²) in [6, 6.07) is 13.3. The second-order valence-electron chi connectivity index (χ2n) is 5.36. The minimum atomic E-state index is -1.15. The van der Waals surface area contributed by atoms with Crippen LogP contribution in [-0.4, -0.2) is 25.9 Å². The summed E-state index contributed by atoms with van der Waals surface area (Å²) >= 11 is 0. The number of carbonyl (C=O) groups is 1. The zero-order chi connectivity index (χ0) is 16.9. The van der Waals surface area contributed by atoms with Crippen LogP contribution in [0.5, 0.6) is 0 Å². The van der Waals surface area contributed by atoms with Crippen molar-refractivity contribution >= 4 is 11.8 Å². The molecular weight excluding hydrogens is 306 g/mol. The lowest BCUT2D eigenvalue weighted by molar-refractivity contribution is 0.209. The van der Waals surface area contributed by atoms with Crippen LogP contribution in [0.4, 0.5) is 10.5 Å². The molecule has 2 aromatic carbocycles. The number of para-hydroxylation sites is 1. The Morgan fingerprint density at radius 1 is 1.17 bits per heavy atom. The van der Waals surface area contributed by atoms with Gasteiger partial charge in [0.1, 0.15) is 0 Å². The Morgan fingerprint density at radius 3 is 2.71 bits per heavy atom. The van der Waals surface area contributed by atoms with Crippen LogP contribution in [0.15, 0.2) is 61.2 Å². The lowest BCUT2D eigenvalue weighted by Gasteiger charge is -2.13. The van der Waals surface area contributed by atoms with Crippen molar-refractivity contribution in [3.8, 4) is 5.69 Å². The molecule has 3 rings (SSSR count). The average molecular weight is 323 g/mol. The molecule has 1 heterocycles. The van der Waals surface area contributed by atoms with Crippen molar-refractivity contribution < 1.29 is 15.0 Å². The van der Waals surface area contributed by atoms with Crippen molar-refractivity contribution in [2.75, 3.05) is 5.32 Å². The predicted molar refractivity (Wildman–Crippen MR) is 90.4 cm³/mol. The summed E-state index contributed by atoms with van der Waals surface area (Å²) in [5.74, 6) is 0. The maximum absolute atomic E-state index is 10.8. The molecule has 0 spiro atoms. The summed E-state index contributed by atoms with van der Waals surface area (Å²) in [6.45, 7) is -0.230. The first-order valence-corrected chi connectivity index (χ1v) is 7.46. The van der Waals surface area contributed by atoms with Crippen LogP contribution in [0.2, 0.25) is 0 Å². The molecule has 24 heavy (non-hydrogen) atoms. The van der Waals surface area contributed by atoms with Crippen LogP contribution in [0.3, 0.4) is 0 Å². The summed E-state index contributed by atoms with van der Waals surface area (Å²) in [7, 11) is 0. The zero-order valence-corrected chi connectivity index (χ0v) is 12.9. The number of aromatic nitrogens is 2. The number of imidazole rings is 1. The molecular formula is C18H17N3O3. The molecule has 0 aliphatic heterocycles. The highest BCUT2D eigenvalue weighted by molar-refractivity contribution is 5.84. The highest BCUT2D eigenvalue weighted by Crippen LogP contribution is 2.22. The molecule has 3 aromatic rings. The standard InChI is InChI=1S/C18H17N3O3/c22-11-15-10-13(5-6-16(15)20-18(23)24)9-14-3-1-2-4-17(14)21-8-7-19-12-21/h1-8,10,12,20,22H,9,11H2,(H,23,24). The lowest BCUT2D eigenvalue weighted by atomic mass is 10.0. The number of nitrogens with one attached hydrogen (secondary N) is 1. The molecule has 6 nitrogen and oxygen atoms in total. The molecule has 122 valence electrons. The molecule has 0 aliphatic carbocycles. The predicted octanol–water partition coefficient (Wildman–Crippen LogP) is 3.05. The Hall–Kier alpha value is -3.12. The number of aliphatic hydroxyl groups is 1. The summed E-state index contributed by atoms with van der Waals surface area (Å²) in [5.41, 5.74) is 4.08. The van der Waals surface area contributed by atoms with Gasteiger partial charge in [0, 0.05) is 29.3 Å². The van der Waals surface area contributed by atoms with E-state index in [0.717, 1.165) is 16.8 Å². The van der Waals surface area contributed by atoms with Gasteiger partial charge in [-0.2, -0.15) is 0 Å². The molecule has 0 radical (unpaired) electrons. The molecule has 0 aliphatic rings. The largest absolute Gasteiger partial charge is 0.465 e. The third kappa shape index (κ3) is 3.44. The zero-order valence-electron chi connectivity index (χ0n) is 12.9. The van der Waals surface area contributed by atoms with Crippen LogP contribution in [-0.2, 0) is 13.0 Å². The minimum Gasteiger partial charge on any atom is -0.465 e. The Balaban J connectivity index is 1.91. The van der Waals surface area contributed by atoms with Crippen LogP contribution >= 0.6 is 0 Å². The van der Waals surface area contributed by atoms with E-state index in [9.17, 15) is 9.90 Å². The van der Waals surface area contributed by atoms with E-state index in [-0.39, 0.29) is 6.61 Å². The Labute approximate surface area is 139 Å². The van der Waals surface area contributed by atoms with Crippen molar-refractivity contribution in [3.05, 3.63) is 77.9 Å². The molecule has 6 heteroatoms. The van der Waals surface area contributed by atoms with Gasteiger partial charge in [0.15, 0.2) is 0 Å². The second-order valence-corrected chi connectivity index (χ2v) is 5.36. The summed E-state index contributed by atoms with van der Waals surface area (Å²) in [5, 5.41) is 20.6. The van der Waals surface area contributed by atoms with Gasteiger partial charge in [0.25, 0.3) is 0 Å². The average Bonchev–Trinajstić information content (AvgIpc) is 3.10.